The summed E-state index contributed by atoms with van der Waals surface area (Å²) < 4.78 is 11.0. The second-order valence-electron chi connectivity index (χ2n) is 5.84. The normalized spacial score (nSPS) is 15.8. The molecule has 1 heterocycles. The van der Waals surface area contributed by atoms with Gasteiger partial charge in [-0.15, -0.1) is 0 Å². The molecule has 1 unspecified atom stereocenters. The summed E-state index contributed by atoms with van der Waals surface area (Å²) >= 11 is 0. The van der Waals surface area contributed by atoms with Crippen molar-refractivity contribution in [2.24, 2.45) is 5.92 Å². The predicted molar refractivity (Wildman–Crippen MR) is 91.6 cm³/mol. The van der Waals surface area contributed by atoms with Gasteiger partial charge in [0.2, 0.25) is 5.91 Å². The van der Waals surface area contributed by atoms with E-state index in [0.29, 0.717) is 12.2 Å². The first-order valence-electron chi connectivity index (χ1n) is 8.23. The summed E-state index contributed by atoms with van der Waals surface area (Å²) in [5.74, 6) is 0.898. The highest BCUT2D eigenvalue weighted by atomic mass is 16.5. The van der Waals surface area contributed by atoms with Gasteiger partial charge in [-0.1, -0.05) is 30.4 Å². The topological polar surface area (TPSA) is 80.6 Å². The van der Waals surface area contributed by atoms with Crippen LogP contribution in [0.1, 0.15) is 35.6 Å². The highest BCUT2D eigenvalue weighted by Crippen LogP contribution is 2.19. The van der Waals surface area contributed by atoms with Crippen molar-refractivity contribution in [3.8, 4) is 5.75 Å². The summed E-state index contributed by atoms with van der Waals surface area (Å²) in [6.45, 7) is 0.220. The molecule has 1 aromatic heterocycles. The van der Waals surface area contributed by atoms with E-state index in [1.807, 2.05) is 36.4 Å². The third-order valence-corrected chi connectivity index (χ3v) is 3.89. The highest BCUT2D eigenvalue weighted by Gasteiger charge is 2.16. The molecule has 130 valence electrons. The zero-order chi connectivity index (χ0) is 17.5. The van der Waals surface area contributed by atoms with Crippen molar-refractivity contribution in [2.75, 3.05) is 0 Å². The Morgan fingerprint density at radius 2 is 1.96 bits per heavy atom. The minimum atomic E-state index is -0.499. The second-order valence-corrected chi connectivity index (χ2v) is 5.84. The van der Waals surface area contributed by atoms with E-state index in [2.05, 4.69) is 16.9 Å². The molecule has 1 aromatic carbocycles. The Hall–Kier alpha value is -3.02. The molecule has 0 aliphatic heterocycles. The van der Waals surface area contributed by atoms with E-state index in [1.165, 1.54) is 0 Å². The molecule has 0 radical (unpaired) electrons. The van der Waals surface area contributed by atoms with E-state index in [9.17, 15) is 9.59 Å². The van der Waals surface area contributed by atoms with E-state index in [-0.39, 0.29) is 24.2 Å². The molecule has 1 aliphatic carbocycles. The van der Waals surface area contributed by atoms with Gasteiger partial charge >= 0.3 is 5.91 Å². The number of rotatable bonds is 6. The predicted octanol–water partition coefficient (Wildman–Crippen LogP) is 2.98. The minimum absolute atomic E-state index is 0.118. The quantitative estimate of drug-likeness (QED) is 0.626. The summed E-state index contributed by atoms with van der Waals surface area (Å²) in [6.07, 6.45) is 6.45. The number of benzene rings is 1. The molecule has 2 aromatic rings. The number of nitrogens with one attached hydrogen (secondary N) is 2. The molecule has 1 atom stereocenters. The van der Waals surface area contributed by atoms with E-state index < -0.39 is 5.91 Å². The van der Waals surface area contributed by atoms with Crippen molar-refractivity contribution in [1.29, 1.82) is 0 Å². The van der Waals surface area contributed by atoms with Crippen LogP contribution in [0.4, 0.5) is 0 Å². The van der Waals surface area contributed by atoms with Gasteiger partial charge in [0.15, 0.2) is 5.76 Å². The number of ether oxygens (including phenoxy) is 1. The van der Waals surface area contributed by atoms with Crippen LogP contribution in [-0.2, 0) is 11.4 Å². The van der Waals surface area contributed by atoms with Crippen LogP contribution < -0.4 is 15.6 Å². The Morgan fingerprint density at radius 3 is 2.72 bits per heavy atom. The van der Waals surface area contributed by atoms with Gasteiger partial charge in [0.25, 0.3) is 0 Å². The molecule has 2 amide bonds. The molecule has 0 fully saturated rings. The Kier molecular flexibility index (Phi) is 5.51. The number of amides is 2. The first-order valence-corrected chi connectivity index (χ1v) is 8.23. The smallest absolute Gasteiger partial charge is 0.305 e. The Bertz CT molecular complexity index is 752. The van der Waals surface area contributed by atoms with Crippen molar-refractivity contribution in [3.63, 3.8) is 0 Å². The SMILES string of the molecule is O=C(CC1C=CCC1)NNC(=O)c1ccc(COc2ccccc2)o1. The summed E-state index contributed by atoms with van der Waals surface area (Å²) in [6, 6.07) is 12.5. The van der Waals surface area contributed by atoms with Crippen molar-refractivity contribution >= 4 is 11.8 Å². The average molecular weight is 340 g/mol. The fourth-order valence-electron chi connectivity index (χ4n) is 2.59. The van der Waals surface area contributed by atoms with Crippen molar-refractivity contribution in [2.45, 2.75) is 25.9 Å². The molecule has 0 saturated carbocycles. The molecule has 2 N–H and O–H groups in total. The van der Waals surface area contributed by atoms with Gasteiger partial charge in [-0.2, -0.15) is 0 Å². The lowest BCUT2D eigenvalue weighted by Gasteiger charge is -2.09. The van der Waals surface area contributed by atoms with Crippen molar-refractivity contribution < 1.29 is 18.7 Å². The van der Waals surface area contributed by atoms with Crippen LogP contribution in [-0.4, -0.2) is 11.8 Å². The third kappa shape index (κ3) is 4.97. The largest absolute Gasteiger partial charge is 0.486 e. The highest BCUT2D eigenvalue weighted by molar-refractivity contribution is 5.93. The van der Waals surface area contributed by atoms with Crippen LogP contribution in [0.15, 0.2) is 59.0 Å². The van der Waals surface area contributed by atoms with E-state index >= 15 is 0 Å². The Morgan fingerprint density at radius 1 is 1.12 bits per heavy atom. The number of hydrogen-bond donors (Lipinski definition) is 2. The first kappa shape index (κ1) is 16.8. The van der Waals surface area contributed by atoms with Gasteiger partial charge < -0.3 is 9.15 Å². The zero-order valence-electron chi connectivity index (χ0n) is 13.7. The number of carbonyl (C=O) groups is 2. The summed E-state index contributed by atoms with van der Waals surface area (Å²) in [5, 5.41) is 0. The van der Waals surface area contributed by atoms with E-state index in [4.69, 9.17) is 9.15 Å². The minimum Gasteiger partial charge on any atom is -0.486 e. The van der Waals surface area contributed by atoms with Crippen LogP contribution >= 0.6 is 0 Å². The van der Waals surface area contributed by atoms with Crippen LogP contribution in [0, 0.1) is 5.92 Å². The zero-order valence-corrected chi connectivity index (χ0v) is 13.7. The number of para-hydroxylation sites is 1. The van der Waals surface area contributed by atoms with Gasteiger partial charge in [-0.05, 0) is 43.0 Å². The summed E-state index contributed by atoms with van der Waals surface area (Å²) in [7, 11) is 0. The maximum atomic E-state index is 12.0. The van der Waals surface area contributed by atoms with Gasteiger partial charge in [0, 0.05) is 6.42 Å². The molecular weight excluding hydrogens is 320 g/mol. The third-order valence-electron chi connectivity index (χ3n) is 3.89. The Balaban J connectivity index is 1.43. The lowest BCUT2D eigenvalue weighted by molar-refractivity contribution is -0.122. The molecule has 6 heteroatoms. The van der Waals surface area contributed by atoms with Crippen LogP contribution in [0.2, 0.25) is 0 Å². The fraction of sp³-hybridized carbons (Fsp3) is 0.263. The van der Waals surface area contributed by atoms with Crippen LogP contribution in [0.5, 0.6) is 5.75 Å². The van der Waals surface area contributed by atoms with Gasteiger partial charge in [0.1, 0.15) is 18.1 Å². The number of hydrogen-bond acceptors (Lipinski definition) is 4. The summed E-state index contributed by atoms with van der Waals surface area (Å²) in [4.78, 5) is 23.8. The monoisotopic (exact) mass is 340 g/mol. The summed E-state index contributed by atoms with van der Waals surface area (Å²) in [5.41, 5.74) is 4.77. The molecule has 1 aliphatic rings. The molecule has 3 rings (SSSR count). The van der Waals surface area contributed by atoms with Gasteiger partial charge in [0.05, 0.1) is 0 Å². The first-order chi connectivity index (χ1) is 12.2. The van der Waals surface area contributed by atoms with Gasteiger partial charge in [-0.25, -0.2) is 0 Å². The standard InChI is InChI=1S/C19H20N2O4/c22-18(12-14-6-4-5-7-14)20-21-19(23)17-11-10-16(25-17)13-24-15-8-2-1-3-9-15/h1-4,6,8-11,14H,5,7,12-13H2,(H,20,22)(H,21,23). The number of carbonyl (C=O) groups excluding carboxylic acids is 2. The van der Waals surface area contributed by atoms with Crippen molar-refractivity contribution in [3.05, 3.63) is 66.1 Å². The maximum Gasteiger partial charge on any atom is 0.305 e. The lowest BCUT2D eigenvalue weighted by atomic mass is 10.1. The van der Waals surface area contributed by atoms with Gasteiger partial charge in [-0.3, -0.25) is 20.4 Å². The number of hydrazine groups is 1. The van der Waals surface area contributed by atoms with E-state index in [1.54, 1.807) is 12.1 Å². The number of allylic oxidation sites excluding steroid dienone is 2. The molecular formula is C19H20N2O4. The maximum absolute atomic E-state index is 12.0. The molecule has 25 heavy (non-hydrogen) atoms. The number of furan rings is 1. The fourth-order valence-corrected chi connectivity index (χ4v) is 2.59. The van der Waals surface area contributed by atoms with Crippen molar-refractivity contribution in [1.82, 2.24) is 10.9 Å². The average Bonchev–Trinajstić information content (AvgIpc) is 3.30. The van der Waals surface area contributed by atoms with Crippen LogP contribution in [0.3, 0.4) is 0 Å². The lowest BCUT2D eigenvalue weighted by Crippen LogP contribution is -2.41. The molecule has 0 spiro atoms. The molecule has 0 bridgehead atoms. The second kappa shape index (κ2) is 8.19. The Labute approximate surface area is 145 Å². The molecule has 0 saturated heterocycles. The van der Waals surface area contributed by atoms with Crippen LogP contribution in [0.25, 0.3) is 0 Å². The van der Waals surface area contributed by atoms with E-state index in [0.717, 1.165) is 18.6 Å². The molecule has 6 nitrogen and oxygen atoms in total.